The third-order valence-corrected chi connectivity index (χ3v) is 4.05. The minimum atomic E-state index is -1.45. The van der Waals surface area contributed by atoms with Gasteiger partial charge < -0.3 is 31.9 Å². The molecule has 0 saturated carbocycles. The minimum Gasteiger partial charge on any atom is -0.480 e. The second-order valence-corrected chi connectivity index (χ2v) is 6.50. The summed E-state index contributed by atoms with van der Waals surface area (Å²) in [6, 6.07) is -3.09. The van der Waals surface area contributed by atoms with Gasteiger partial charge in [-0.15, -0.1) is 0 Å². The first kappa shape index (κ1) is 23.8. The molecule has 150 valence electrons. The molecule has 10 nitrogen and oxygen atoms in total. The number of amides is 3. The number of aliphatic hydroxyl groups is 1. The summed E-state index contributed by atoms with van der Waals surface area (Å²) in [7, 11) is 0. The van der Waals surface area contributed by atoms with E-state index in [2.05, 4.69) is 16.0 Å². The van der Waals surface area contributed by atoms with E-state index in [4.69, 9.17) is 15.9 Å². The fourth-order valence-corrected chi connectivity index (χ4v) is 1.96. The van der Waals surface area contributed by atoms with Crippen LogP contribution in [-0.2, 0) is 19.2 Å². The largest absolute Gasteiger partial charge is 0.480 e. The van der Waals surface area contributed by atoms with E-state index in [0.717, 1.165) is 0 Å². The lowest BCUT2D eigenvalue weighted by atomic mass is 9.96. The van der Waals surface area contributed by atoms with Crippen LogP contribution in [0.3, 0.4) is 0 Å². The SMILES string of the molecule is CCC(C)C(NC(=O)C(N)C(C)C)C(=O)NCC(=O)NC(CO)C(=O)O. The Morgan fingerprint density at radius 3 is 2.04 bits per heavy atom. The fourth-order valence-electron chi connectivity index (χ4n) is 1.96. The molecule has 10 heteroatoms. The molecule has 7 N–H and O–H groups in total. The van der Waals surface area contributed by atoms with Gasteiger partial charge in [0, 0.05) is 0 Å². The Balaban J connectivity index is 4.82. The highest BCUT2D eigenvalue weighted by molar-refractivity contribution is 5.92. The Morgan fingerprint density at radius 1 is 1.04 bits per heavy atom. The lowest BCUT2D eigenvalue weighted by Crippen LogP contribution is -2.56. The Hall–Kier alpha value is -2.20. The summed E-state index contributed by atoms with van der Waals surface area (Å²) < 4.78 is 0. The van der Waals surface area contributed by atoms with E-state index in [1.54, 1.807) is 20.8 Å². The van der Waals surface area contributed by atoms with Crippen LogP contribution >= 0.6 is 0 Å². The van der Waals surface area contributed by atoms with Gasteiger partial charge in [0.15, 0.2) is 0 Å². The standard InChI is InChI=1S/C16H30N4O6/c1-5-9(4)13(20-14(23)12(17)8(2)3)15(24)18-6-11(22)19-10(7-21)16(25)26/h8-10,12-13,21H,5-7,17H2,1-4H3,(H,18,24)(H,19,22)(H,20,23)(H,25,26). The van der Waals surface area contributed by atoms with Crippen molar-refractivity contribution in [3.05, 3.63) is 0 Å². The van der Waals surface area contributed by atoms with Crippen molar-refractivity contribution >= 4 is 23.7 Å². The average molecular weight is 374 g/mol. The lowest BCUT2D eigenvalue weighted by molar-refractivity contribution is -0.142. The maximum atomic E-state index is 12.4. The molecule has 4 unspecified atom stereocenters. The molecule has 0 aliphatic carbocycles. The number of hydrogen-bond acceptors (Lipinski definition) is 6. The Morgan fingerprint density at radius 2 is 1.62 bits per heavy atom. The van der Waals surface area contributed by atoms with Gasteiger partial charge in [-0.2, -0.15) is 0 Å². The van der Waals surface area contributed by atoms with E-state index >= 15 is 0 Å². The molecule has 0 aromatic carbocycles. The van der Waals surface area contributed by atoms with Gasteiger partial charge in [0.25, 0.3) is 0 Å². The summed E-state index contributed by atoms with van der Waals surface area (Å²) in [4.78, 5) is 46.9. The summed E-state index contributed by atoms with van der Waals surface area (Å²) >= 11 is 0. The van der Waals surface area contributed by atoms with Crippen molar-refractivity contribution in [1.82, 2.24) is 16.0 Å². The lowest BCUT2D eigenvalue weighted by Gasteiger charge is -2.26. The van der Waals surface area contributed by atoms with Crippen molar-refractivity contribution in [2.24, 2.45) is 17.6 Å². The van der Waals surface area contributed by atoms with Crippen molar-refractivity contribution in [2.75, 3.05) is 13.2 Å². The van der Waals surface area contributed by atoms with Crippen molar-refractivity contribution in [3.63, 3.8) is 0 Å². The van der Waals surface area contributed by atoms with Crippen molar-refractivity contribution < 1.29 is 29.4 Å². The molecule has 0 fully saturated rings. The second kappa shape index (κ2) is 11.4. The van der Waals surface area contributed by atoms with Crippen LogP contribution in [0, 0.1) is 11.8 Å². The minimum absolute atomic E-state index is 0.104. The second-order valence-electron chi connectivity index (χ2n) is 6.50. The number of carboxylic acid groups (broad SMARTS) is 1. The quantitative estimate of drug-likeness (QED) is 0.247. The zero-order valence-electron chi connectivity index (χ0n) is 15.6. The number of nitrogens with one attached hydrogen (secondary N) is 3. The third-order valence-electron chi connectivity index (χ3n) is 4.05. The third kappa shape index (κ3) is 7.79. The number of aliphatic carboxylic acids is 1. The molecule has 3 amide bonds. The van der Waals surface area contributed by atoms with Gasteiger partial charge in [0.2, 0.25) is 17.7 Å². The highest BCUT2D eigenvalue weighted by atomic mass is 16.4. The number of carbonyl (C=O) groups excluding carboxylic acids is 3. The zero-order valence-corrected chi connectivity index (χ0v) is 15.6. The first-order chi connectivity index (χ1) is 12.0. The average Bonchev–Trinajstić information content (AvgIpc) is 2.59. The maximum absolute atomic E-state index is 12.4. The van der Waals surface area contributed by atoms with Crippen molar-refractivity contribution in [3.8, 4) is 0 Å². The molecule has 0 aliphatic rings. The number of carboxylic acids is 1. The van der Waals surface area contributed by atoms with Crippen molar-refractivity contribution in [1.29, 1.82) is 0 Å². The van der Waals surface area contributed by atoms with Crippen LogP contribution in [0.15, 0.2) is 0 Å². The van der Waals surface area contributed by atoms with E-state index in [9.17, 15) is 19.2 Å². The number of carbonyl (C=O) groups is 4. The summed E-state index contributed by atoms with van der Waals surface area (Å²) in [5.74, 6) is -3.50. The smallest absolute Gasteiger partial charge is 0.328 e. The van der Waals surface area contributed by atoms with E-state index in [0.29, 0.717) is 6.42 Å². The Kier molecular flexibility index (Phi) is 10.5. The molecule has 0 rings (SSSR count). The highest BCUT2D eigenvalue weighted by Gasteiger charge is 2.29. The monoisotopic (exact) mass is 374 g/mol. The van der Waals surface area contributed by atoms with Crippen LogP contribution < -0.4 is 21.7 Å². The summed E-state index contributed by atoms with van der Waals surface area (Å²) in [6.07, 6.45) is 0.604. The molecule has 0 radical (unpaired) electrons. The van der Waals surface area contributed by atoms with Gasteiger partial charge in [-0.25, -0.2) is 4.79 Å². The van der Waals surface area contributed by atoms with Crippen molar-refractivity contribution in [2.45, 2.75) is 52.2 Å². The van der Waals surface area contributed by atoms with Gasteiger partial charge in [-0.1, -0.05) is 34.1 Å². The van der Waals surface area contributed by atoms with E-state index in [1.807, 2.05) is 6.92 Å². The first-order valence-corrected chi connectivity index (χ1v) is 8.51. The molecule has 0 aromatic rings. The number of aliphatic hydroxyl groups excluding tert-OH is 1. The zero-order chi connectivity index (χ0) is 20.4. The summed E-state index contributed by atoms with van der Waals surface area (Å²) in [5, 5.41) is 24.7. The molecule has 0 heterocycles. The van der Waals surface area contributed by atoms with Crippen LogP contribution in [0.5, 0.6) is 0 Å². The topological polar surface area (TPSA) is 171 Å². The molecule has 0 aliphatic heterocycles. The van der Waals surface area contributed by atoms with Gasteiger partial charge in [0.1, 0.15) is 12.1 Å². The Bertz CT molecular complexity index is 511. The van der Waals surface area contributed by atoms with Crippen LogP contribution in [0.2, 0.25) is 0 Å². The molecule has 26 heavy (non-hydrogen) atoms. The molecule has 0 bridgehead atoms. The Labute approximate surface area is 152 Å². The van der Waals surface area contributed by atoms with Gasteiger partial charge >= 0.3 is 5.97 Å². The molecule has 0 spiro atoms. The van der Waals surface area contributed by atoms with E-state index in [1.165, 1.54) is 0 Å². The predicted molar refractivity (Wildman–Crippen MR) is 93.9 cm³/mol. The van der Waals surface area contributed by atoms with Crippen LogP contribution in [0.25, 0.3) is 0 Å². The molecule has 0 aromatic heterocycles. The van der Waals surface area contributed by atoms with Gasteiger partial charge in [-0.3, -0.25) is 14.4 Å². The highest BCUT2D eigenvalue weighted by Crippen LogP contribution is 2.09. The molecular weight excluding hydrogens is 344 g/mol. The fraction of sp³-hybridized carbons (Fsp3) is 0.750. The predicted octanol–water partition coefficient (Wildman–Crippen LogP) is -1.82. The molecule has 0 saturated heterocycles. The summed E-state index contributed by atoms with van der Waals surface area (Å²) in [6.45, 7) is 5.94. The van der Waals surface area contributed by atoms with E-state index < -0.39 is 55.0 Å². The normalized spacial score (nSPS) is 15.5. The molecular formula is C16H30N4O6. The number of rotatable bonds is 11. The van der Waals surface area contributed by atoms with Crippen LogP contribution in [0.1, 0.15) is 34.1 Å². The van der Waals surface area contributed by atoms with Crippen LogP contribution in [0.4, 0.5) is 0 Å². The number of nitrogens with two attached hydrogens (primary N) is 1. The van der Waals surface area contributed by atoms with Crippen LogP contribution in [-0.4, -0.2) is 65.2 Å². The first-order valence-electron chi connectivity index (χ1n) is 8.51. The molecule has 4 atom stereocenters. The van der Waals surface area contributed by atoms with Gasteiger partial charge in [-0.05, 0) is 11.8 Å². The van der Waals surface area contributed by atoms with Gasteiger partial charge in [0.05, 0.1) is 19.2 Å². The maximum Gasteiger partial charge on any atom is 0.328 e. The summed E-state index contributed by atoms with van der Waals surface area (Å²) in [5.41, 5.74) is 5.78. The van der Waals surface area contributed by atoms with E-state index in [-0.39, 0.29) is 11.8 Å². The number of hydrogen-bond donors (Lipinski definition) is 6.